The van der Waals surface area contributed by atoms with Crippen LogP contribution < -0.4 is 14.4 Å². The monoisotopic (exact) mass is 279 g/mol. The Kier molecular flexibility index (Phi) is 5.12. The van der Waals surface area contributed by atoms with Crippen molar-refractivity contribution in [3.63, 3.8) is 0 Å². The summed E-state index contributed by atoms with van der Waals surface area (Å²) in [6.45, 7) is 3.11. The SMILES string of the molecule is CCN(c1cc(OC)cc(OC)c1)C1CCC(O)CC1. The van der Waals surface area contributed by atoms with Crippen LogP contribution in [0.4, 0.5) is 5.69 Å². The van der Waals surface area contributed by atoms with E-state index in [9.17, 15) is 5.11 Å². The first-order valence-corrected chi connectivity index (χ1v) is 7.35. The van der Waals surface area contributed by atoms with E-state index in [1.165, 1.54) is 0 Å². The van der Waals surface area contributed by atoms with Gasteiger partial charge >= 0.3 is 0 Å². The second-order valence-electron chi connectivity index (χ2n) is 5.32. The van der Waals surface area contributed by atoms with Gasteiger partial charge in [0, 0.05) is 36.5 Å². The van der Waals surface area contributed by atoms with Crippen molar-refractivity contribution in [2.45, 2.75) is 44.8 Å². The molecule has 1 aliphatic carbocycles. The highest BCUT2D eigenvalue weighted by molar-refractivity contribution is 5.56. The minimum absolute atomic E-state index is 0.121. The summed E-state index contributed by atoms with van der Waals surface area (Å²) in [6.07, 6.45) is 3.73. The molecular formula is C16H25NO3. The number of rotatable bonds is 5. The van der Waals surface area contributed by atoms with Crippen LogP contribution in [-0.2, 0) is 0 Å². The second-order valence-corrected chi connectivity index (χ2v) is 5.32. The van der Waals surface area contributed by atoms with Crippen molar-refractivity contribution in [1.82, 2.24) is 0 Å². The molecule has 0 bridgehead atoms. The molecule has 1 N–H and O–H groups in total. The van der Waals surface area contributed by atoms with Crippen molar-refractivity contribution in [2.24, 2.45) is 0 Å². The van der Waals surface area contributed by atoms with E-state index in [1.54, 1.807) is 14.2 Å². The smallest absolute Gasteiger partial charge is 0.124 e. The molecule has 4 heteroatoms. The zero-order chi connectivity index (χ0) is 14.5. The first kappa shape index (κ1) is 15.0. The van der Waals surface area contributed by atoms with Crippen LogP contribution in [-0.4, -0.2) is 38.0 Å². The lowest BCUT2D eigenvalue weighted by Gasteiger charge is -2.37. The summed E-state index contributed by atoms with van der Waals surface area (Å²) in [7, 11) is 3.34. The molecular weight excluding hydrogens is 254 g/mol. The van der Waals surface area contributed by atoms with Crippen molar-refractivity contribution >= 4 is 5.69 Å². The van der Waals surface area contributed by atoms with Crippen molar-refractivity contribution in [1.29, 1.82) is 0 Å². The van der Waals surface area contributed by atoms with Gasteiger partial charge < -0.3 is 19.5 Å². The molecule has 1 aromatic carbocycles. The standard InChI is InChI=1S/C16H25NO3/c1-4-17(12-5-7-14(18)8-6-12)13-9-15(19-2)11-16(10-13)20-3/h9-12,14,18H,4-8H2,1-3H3. The minimum atomic E-state index is -0.121. The van der Waals surface area contributed by atoms with Crippen LogP contribution in [0.3, 0.4) is 0 Å². The van der Waals surface area contributed by atoms with Crippen LogP contribution in [0.5, 0.6) is 11.5 Å². The fraction of sp³-hybridized carbons (Fsp3) is 0.625. The van der Waals surface area contributed by atoms with Crippen LogP contribution in [0.2, 0.25) is 0 Å². The molecule has 0 saturated heterocycles. The number of nitrogens with zero attached hydrogens (tertiary/aromatic N) is 1. The molecule has 2 rings (SSSR count). The summed E-state index contributed by atoms with van der Waals surface area (Å²) < 4.78 is 10.7. The van der Waals surface area contributed by atoms with E-state index in [0.29, 0.717) is 6.04 Å². The molecule has 112 valence electrons. The van der Waals surface area contributed by atoms with E-state index in [0.717, 1.165) is 49.4 Å². The van der Waals surface area contributed by atoms with Crippen molar-refractivity contribution < 1.29 is 14.6 Å². The topological polar surface area (TPSA) is 41.9 Å². The molecule has 0 radical (unpaired) electrons. The van der Waals surface area contributed by atoms with E-state index in [4.69, 9.17) is 9.47 Å². The Hall–Kier alpha value is -1.42. The third-order valence-corrected chi connectivity index (χ3v) is 4.12. The molecule has 0 aromatic heterocycles. The highest BCUT2D eigenvalue weighted by Crippen LogP contribution is 2.32. The highest BCUT2D eigenvalue weighted by atomic mass is 16.5. The van der Waals surface area contributed by atoms with E-state index >= 15 is 0 Å². The van der Waals surface area contributed by atoms with Crippen LogP contribution in [0.25, 0.3) is 0 Å². The van der Waals surface area contributed by atoms with Gasteiger partial charge in [-0.05, 0) is 32.6 Å². The highest BCUT2D eigenvalue weighted by Gasteiger charge is 2.24. The molecule has 0 unspecified atom stereocenters. The Balaban J connectivity index is 2.22. The van der Waals surface area contributed by atoms with Crippen LogP contribution in [0, 0.1) is 0 Å². The normalized spacial score (nSPS) is 22.4. The molecule has 0 atom stereocenters. The molecule has 0 spiro atoms. The first-order valence-electron chi connectivity index (χ1n) is 7.35. The number of ether oxygens (including phenoxy) is 2. The van der Waals surface area contributed by atoms with Gasteiger partial charge in [0.2, 0.25) is 0 Å². The summed E-state index contributed by atoms with van der Waals surface area (Å²) in [5, 5.41) is 9.66. The average Bonchev–Trinajstić information content (AvgIpc) is 2.49. The lowest BCUT2D eigenvalue weighted by molar-refractivity contribution is 0.122. The van der Waals surface area contributed by atoms with Crippen molar-refractivity contribution in [3.8, 4) is 11.5 Å². The molecule has 0 aliphatic heterocycles. The van der Waals surface area contributed by atoms with Crippen molar-refractivity contribution in [2.75, 3.05) is 25.7 Å². The van der Waals surface area contributed by atoms with Gasteiger partial charge in [0.25, 0.3) is 0 Å². The summed E-state index contributed by atoms with van der Waals surface area (Å²) in [5.41, 5.74) is 1.13. The lowest BCUT2D eigenvalue weighted by atomic mass is 9.91. The van der Waals surface area contributed by atoms with Gasteiger partial charge in [-0.2, -0.15) is 0 Å². The third-order valence-electron chi connectivity index (χ3n) is 4.12. The quantitative estimate of drug-likeness (QED) is 0.900. The second kappa shape index (κ2) is 6.84. The summed E-state index contributed by atoms with van der Waals surface area (Å²) in [5.74, 6) is 1.63. The Bertz CT molecular complexity index is 405. The molecule has 4 nitrogen and oxygen atoms in total. The van der Waals surface area contributed by atoms with E-state index < -0.39 is 0 Å². The van der Waals surface area contributed by atoms with Crippen LogP contribution in [0.1, 0.15) is 32.6 Å². The van der Waals surface area contributed by atoms with E-state index in [1.807, 2.05) is 6.07 Å². The summed E-state index contributed by atoms with van der Waals surface area (Å²) in [4.78, 5) is 2.39. The fourth-order valence-corrected chi connectivity index (χ4v) is 2.98. The van der Waals surface area contributed by atoms with E-state index in [2.05, 4.69) is 24.0 Å². The van der Waals surface area contributed by atoms with Gasteiger partial charge in [-0.3, -0.25) is 0 Å². The zero-order valence-electron chi connectivity index (χ0n) is 12.6. The van der Waals surface area contributed by atoms with Gasteiger partial charge in [-0.1, -0.05) is 0 Å². The molecule has 1 aromatic rings. The van der Waals surface area contributed by atoms with Gasteiger partial charge in [0.15, 0.2) is 0 Å². The summed E-state index contributed by atoms with van der Waals surface area (Å²) >= 11 is 0. The van der Waals surface area contributed by atoms with Crippen molar-refractivity contribution in [3.05, 3.63) is 18.2 Å². The van der Waals surface area contributed by atoms with Crippen LogP contribution >= 0.6 is 0 Å². The predicted molar refractivity (Wildman–Crippen MR) is 80.8 cm³/mol. The number of hydrogen-bond donors (Lipinski definition) is 1. The molecule has 20 heavy (non-hydrogen) atoms. The van der Waals surface area contributed by atoms with Gasteiger partial charge in [-0.15, -0.1) is 0 Å². The van der Waals surface area contributed by atoms with E-state index in [-0.39, 0.29) is 6.10 Å². The van der Waals surface area contributed by atoms with Gasteiger partial charge in [-0.25, -0.2) is 0 Å². The fourth-order valence-electron chi connectivity index (χ4n) is 2.98. The largest absolute Gasteiger partial charge is 0.497 e. The molecule has 0 amide bonds. The van der Waals surface area contributed by atoms with Gasteiger partial charge in [0.1, 0.15) is 11.5 Å². The number of hydrogen-bond acceptors (Lipinski definition) is 4. The first-order chi connectivity index (χ1) is 9.67. The Morgan fingerprint density at radius 1 is 1.05 bits per heavy atom. The molecule has 1 aliphatic rings. The maximum Gasteiger partial charge on any atom is 0.124 e. The van der Waals surface area contributed by atoms with Crippen LogP contribution in [0.15, 0.2) is 18.2 Å². The average molecular weight is 279 g/mol. The number of benzene rings is 1. The predicted octanol–water partition coefficient (Wildman–Crippen LogP) is 2.83. The Morgan fingerprint density at radius 2 is 1.60 bits per heavy atom. The molecule has 1 saturated carbocycles. The number of aliphatic hydroxyl groups is 1. The molecule has 0 heterocycles. The number of anilines is 1. The Morgan fingerprint density at radius 3 is 2.05 bits per heavy atom. The Labute approximate surface area is 121 Å². The summed E-state index contributed by atoms with van der Waals surface area (Å²) in [6, 6.07) is 6.48. The minimum Gasteiger partial charge on any atom is -0.497 e. The van der Waals surface area contributed by atoms with Gasteiger partial charge in [0.05, 0.1) is 20.3 Å². The number of methoxy groups -OCH3 is 2. The molecule has 1 fully saturated rings. The third kappa shape index (κ3) is 3.37. The lowest BCUT2D eigenvalue weighted by Crippen LogP contribution is -2.39. The maximum atomic E-state index is 9.66. The zero-order valence-corrected chi connectivity index (χ0v) is 12.6. The maximum absolute atomic E-state index is 9.66. The number of aliphatic hydroxyl groups excluding tert-OH is 1.